The number of hydrogen-bond acceptors (Lipinski definition) is 5. The molecule has 1 aromatic heterocycles. The van der Waals surface area contributed by atoms with Crippen LogP contribution in [0.15, 0.2) is 23.6 Å². The SMILES string of the molecule is Nc1nc(CC(=O)Nc2ccc3c(c2)CCC(=O)N3)cs1. The quantitative estimate of drug-likeness (QED) is 0.805. The number of thiazole rings is 1. The molecule has 0 fully saturated rings. The maximum absolute atomic E-state index is 12.0. The van der Waals surface area contributed by atoms with Crippen LogP contribution in [-0.2, 0) is 22.4 Å². The van der Waals surface area contributed by atoms with Gasteiger partial charge >= 0.3 is 0 Å². The molecule has 0 spiro atoms. The fourth-order valence-corrected chi connectivity index (χ4v) is 2.80. The van der Waals surface area contributed by atoms with Crippen LogP contribution in [0.5, 0.6) is 0 Å². The molecule has 3 rings (SSSR count). The molecule has 7 heteroatoms. The maximum Gasteiger partial charge on any atom is 0.230 e. The van der Waals surface area contributed by atoms with E-state index in [1.54, 1.807) is 11.4 Å². The Morgan fingerprint density at radius 1 is 1.43 bits per heavy atom. The van der Waals surface area contributed by atoms with Gasteiger partial charge in [-0.25, -0.2) is 4.98 Å². The Hall–Kier alpha value is -2.41. The fraction of sp³-hybridized carbons (Fsp3) is 0.214. The average molecular weight is 302 g/mol. The first kappa shape index (κ1) is 13.6. The second-order valence-corrected chi connectivity index (χ2v) is 5.71. The summed E-state index contributed by atoms with van der Waals surface area (Å²) in [4.78, 5) is 27.3. The van der Waals surface area contributed by atoms with Crippen LogP contribution in [0.2, 0.25) is 0 Å². The zero-order chi connectivity index (χ0) is 14.8. The highest BCUT2D eigenvalue weighted by molar-refractivity contribution is 7.13. The predicted molar refractivity (Wildman–Crippen MR) is 82.3 cm³/mol. The lowest BCUT2D eigenvalue weighted by Gasteiger charge is -2.17. The van der Waals surface area contributed by atoms with Crippen molar-refractivity contribution in [2.45, 2.75) is 19.3 Å². The number of nitrogens with two attached hydrogens (primary N) is 1. The summed E-state index contributed by atoms with van der Waals surface area (Å²) < 4.78 is 0. The van der Waals surface area contributed by atoms with Gasteiger partial charge < -0.3 is 16.4 Å². The lowest BCUT2D eigenvalue weighted by molar-refractivity contribution is -0.117. The molecule has 0 saturated carbocycles. The normalized spacial score (nSPS) is 13.4. The van der Waals surface area contributed by atoms with Gasteiger partial charge in [-0.2, -0.15) is 0 Å². The maximum atomic E-state index is 12.0. The van der Waals surface area contributed by atoms with Crippen LogP contribution >= 0.6 is 11.3 Å². The minimum Gasteiger partial charge on any atom is -0.375 e. The van der Waals surface area contributed by atoms with E-state index in [1.165, 1.54) is 11.3 Å². The number of aromatic nitrogens is 1. The van der Waals surface area contributed by atoms with Crippen molar-refractivity contribution in [3.05, 3.63) is 34.8 Å². The van der Waals surface area contributed by atoms with Gasteiger partial charge in [0.05, 0.1) is 12.1 Å². The summed E-state index contributed by atoms with van der Waals surface area (Å²) in [5.41, 5.74) is 8.77. The molecule has 0 atom stereocenters. The first-order valence-electron chi connectivity index (χ1n) is 6.52. The third-order valence-electron chi connectivity index (χ3n) is 3.20. The number of nitrogens with one attached hydrogen (secondary N) is 2. The molecule has 2 aromatic rings. The molecule has 1 aromatic carbocycles. The number of carbonyl (C=O) groups is 2. The monoisotopic (exact) mass is 302 g/mol. The van der Waals surface area contributed by atoms with Crippen molar-refractivity contribution in [2.24, 2.45) is 0 Å². The van der Waals surface area contributed by atoms with Crippen LogP contribution in [0.25, 0.3) is 0 Å². The van der Waals surface area contributed by atoms with E-state index >= 15 is 0 Å². The molecule has 2 heterocycles. The summed E-state index contributed by atoms with van der Waals surface area (Å²) in [6, 6.07) is 5.47. The number of hydrogen-bond donors (Lipinski definition) is 3. The summed E-state index contributed by atoms with van der Waals surface area (Å²) >= 11 is 1.32. The van der Waals surface area contributed by atoms with E-state index in [2.05, 4.69) is 15.6 Å². The fourth-order valence-electron chi connectivity index (χ4n) is 2.23. The number of benzene rings is 1. The molecule has 0 saturated heterocycles. The topological polar surface area (TPSA) is 97.1 Å². The Kier molecular flexibility index (Phi) is 3.57. The van der Waals surface area contributed by atoms with Gasteiger partial charge in [0.2, 0.25) is 11.8 Å². The van der Waals surface area contributed by atoms with Crippen molar-refractivity contribution in [2.75, 3.05) is 16.4 Å². The van der Waals surface area contributed by atoms with E-state index in [4.69, 9.17) is 5.73 Å². The van der Waals surface area contributed by atoms with Gasteiger partial charge in [-0.1, -0.05) is 0 Å². The van der Waals surface area contributed by atoms with Gasteiger partial charge in [0, 0.05) is 23.2 Å². The molecule has 6 nitrogen and oxygen atoms in total. The van der Waals surface area contributed by atoms with E-state index in [9.17, 15) is 9.59 Å². The number of aryl methyl sites for hydroxylation is 1. The highest BCUT2D eigenvalue weighted by Gasteiger charge is 2.15. The Morgan fingerprint density at radius 2 is 2.29 bits per heavy atom. The van der Waals surface area contributed by atoms with Crippen molar-refractivity contribution in [1.82, 2.24) is 4.98 Å². The molecule has 2 amide bonds. The number of nitrogens with zero attached hydrogens (tertiary/aromatic N) is 1. The lowest BCUT2D eigenvalue weighted by atomic mass is 10.0. The molecular weight excluding hydrogens is 288 g/mol. The molecule has 1 aliphatic heterocycles. The molecular formula is C14H14N4O2S. The van der Waals surface area contributed by atoms with Crippen molar-refractivity contribution in [3.63, 3.8) is 0 Å². The van der Waals surface area contributed by atoms with Crippen LogP contribution in [0.3, 0.4) is 0 Å². The van der Waals surface area contributed by atoms with Gasteiger partial charge in [0.15, 0.2) is 5.13 Å². The van der Waals surface area contributed by atoms with E-state index in [0.29, 0.717) is 23.7 Å². The molecule has 4 N–H and O–H groups in total. The van der Waals surface area contributed by atoms with Crippen LogP contribution in [0.4, 0.5) is 16.5 Å². The van der Waals surface area contributed by atoms with Gasteiger partial charge in [-0.15, -0.1) is 11.3 Å². The van der Waals surface area contributed by atoms with Crippen LogP contribution in [-0.4, -0.2) is 16.8 Å². The van der Waals surface area contributed by atoms with Crippen molar-refractivity contribution < 1.29 is 9.59 Å². The number of amides is 2. The Morgan fingerprint density at radius 3 is 3.05 bits per heavy atom. The standard InChI is InChI=1S/C14H14N4O2S/c15-14-17-10(7-21-14)6-13(20)16-9-2-3-11-8(5-9)1-4-12(19)18-11/h2-3,5,7H,1,4,6H2,(H2,15,17)(H,16,20)(H,18,19). The minimum absolute atomic E-state index is 0.0282. The molecule has 0 bridgehead atoms. The highest BCUT2D eigenvalue weighted by atomic mass is 32.1. The molecule has 0 unspecified atom stereocenters. The van der Waals surface area contributed by atoms with Crippen LogP contribution in [0, 0.1) is 0 Å². The summed E-state index contributed by atoms with van der Waals surface area (Å²) in [6.07, 6.45) is 1.36. The number of rotatable bonds is 3. The van der Waals surface area contributed by atoms with Gasteiger partial charge in [0.25, 0.3) is 0 Å². The Bertz CT molecular complexity index is 711. The van der Waals surface area contributed by atoms with E-state index < -0.39 is 0 Å². The summed E-state index contributed by atoms with van der Waals surface area (Å²) in [5.74, 6) is -0.111. The largest absolute Gasteiger partial charge is 0.375 e. The molecule has 108 valence electrons. The summed E-state index contributed by atoms with van der Waals surface area (Å²) in [6.45, 7) is 0. The third-order valence-corrected chi connectivity index (χ3v) is 3.92. The zero-order valence-corrected chi connectivity index (χ0v) is 12.0. The summed E-state index contributed by atoms with van der Waals surface area (Å²) in [7, 11) is 0. The van der Waals surface area contributed by atoms with Crippen LogP contribution in [0.1, 0.15) is 17.7 Å². The lowest BCUT2D eigenvalue weighted by Crippen LogP contribution is -2.20. The van der Waals surface area contributed by atoms with E-state index in [1.807, 2.05) is 12.1 Å². The predicted octanol–water partition coefficient (Wildman–Crippen LogP) is 1.79. The second kappa shape index (κ2) is 5.53. The van der Waals surface area contributed by atoms with Gasteiger partial charge in [0.1, 0.15) is 0 Å². The van der Waals surface area contributed by atoms with Gasteiger partial charge in [-0.3, -0.25) is 9.59 Å². The number of nitrogen functional groups attached to an aromatic ring is 1. The van der Waals surface area contributed by atoms with Crippen molar-refractivity contribution in [1.29, 1.82) is 0 Å². The van der Waals surface area contributed by atoms with Crippen molar-refractivity contribution >= 4 is 39.7 Å². The molecule has 1 aliphatic rings. The zero-order valence-electron chi connectivity index (χ0n) is 11.2. The summed E-state index contributed by atoms with van der Waals surface area (Å²) in [5, 5.41) is 7.88. The minimum atomic E-state index is -0.139. The smallest absolute Gasteiger partial charge is 0.230 e. The second-order valence-electron chi connectivity index (χ2n) is 4.82. The Balaban J connectivity index is 1.67. The van der Waals surface area contributed by atoms with Gasteiger partial charge in [-0.05, 0) is 30.2 Å². The molecule has 0 aliphatic carbocycles. The number of fused-ring (bicyclic) bond motifs is 1. The first-order valence-corrected chi connectivity index (χ1v) is 7.40. The average Bonchev–Trinajstić information content (AvgIpc) is 2.84. The van der Waals surface area contributed by atoms with E-state index in [0.717, 1.165) is 16.9 Å². The molecule has 0 radical (unpaired) electrons. The first-order chi connectivity index (χ1) is 10.1. The Labute approximate surface area is 125 Å². The number of anilines is 3. The molecule has 21 heavy (non-hydrogen) atoms. The highest BCUT2D eigenvalue weighted by Crippen LogP contribution is 2.25. The van der Waals surface area contributed by atoms with Crippen molar-refractivity contribution in [3.8, 4) is 0 Å². The van der Waals surface area contributed by atoms with Crippen LogP contribution < -0.4 is 16.4 Å². The van der Waals surface area contributed by atoms with E-state index in [-0.39, 0.29) is 18.2 Å². The third kappa shape index (κ3) is 3.19. The number of carbonyl (C=O) groups excluding carboxylic acids is 2.